The van der Waals surface area contributed by atoms with Crippen LogP contribution in [0.25, 0.3) is 0 Å². The third kappa shape index (κ3) is 2.68. The highest BCUT2D eigenvalue weighted by atomic mass is 19.1. The molecule has 0 aliphatic rings. The number of hydrogen-bond donors (Lipinski definition) is 1. The van der Waals surface area contributed by atoms with Gasteiger partial charge in [0, 0.05) is 12.7 Å². The molecular weight excluding hydrogens is 227 g/mol. The fraction of sp³-hybridized carbons (Fsp3) is 0.200. The first kappa shape index (κ1) is 12.6. The summed E-state index contributed by atoms with van der Waals surface area (Å²) in [5, 5.41) is 0. The maximum absolute atomic E-state index is 14.0. The van der Waals surface area contributed by atoms with Gasteiger partial charge in [-0.25, -0.2) is 4.39 Å². The molecule has 0 saturated carbocycles. The van der Waals surface area contributed by atoms with Crippen molar-refractivity contribution in [1.29, 1.82) is 0 Å². The topological polar surface area (TPSA) is 29.3 Å². The molecule has 0 heterocycles. The van der Waals surface area contributed by atoms with Crippen LogP contribution in [-0.2, 0) is 6.42 Å². The average Bonchev–Trinajstić information content (AvgIpc) is 2.40. The molecule has 0 fully saturated rings. The van der Waals surface area contributed by atoms with Crippen LogP contribution in [0.3, 0.4) is 0 Å². The van der Waals surface area contributed by atoms with Crippen LogP contribution in [0.1, 0.15) is 5.56 Å². The average molecular weight is 244 g/mol. The zero-order valence-electron chi connectivity index (χ0n) is 10.4. The van der Waals surface area contributed by atoms with Gasteiger partial charge >= 0.3 is 0 Å². The maximum atomic E-state index is 14.0. The fourth-order valence-electron chi connectivity index (χ4n) is 1.94. The number of halogens is 1. The molecule has 2 N–H and O–H groups in total. The van der Waals surface area contributed by atoms with Crippen LogP contribution < -0.4 is 10.6 Å². The standard InChI is InChI=1S/C15H17FN2/c1-18(13-5-3-2-4-6-13)15-8-7-12(9-10-17)11-14(15)16/h2-8,11H,9-10,17H2,1H3. The zero-order chi connectivity index (χ0) is 13.0. The van der Waals surface area contributed by atoms with Gasteiger partial charge in [0.15, 0.2) is 0 Å². The van der Waals surface area contributed by atoms with Gasteiger partial charge in [-0.05, 0) is 42.8 Å². The number of hydrogen-bond acceptors (Lipinski definition) is 2. The van der Waals surface area contributed by atoms with Crippen molar-refractivity contribution in [3.63, 3.8) is 0 Å². The molecule has 0 spiro atoms. The minimum Gasteiger partial charge on any atom is -0.342 e. The Hall–Kier alpha value is -1.87. The number of para-hydroxylation sites is 1. The van der Waals surface area contributed by atoms with E-state index < -0.39 is 0 Å². The highest BCUT2D eigenvalue weighted by molar-refractivity contribution is 5.63. The van der Waals surface area contributed by atoms with Crippen LogP contribution in [0, 0.1) is 5.82 Å². The molecule has 0 aliphatic heterocycles. The van der Waals surface area contributed by atoms with E-state index in [1.165, 1.54) is 0 Å². The molecule has 18 heavy (non-hydrogen) atoms. The highest BCUT2D eigenvalue weighted by Gasteiger charge is 2.09. The molecule has 0 bridgehead atoms. The Kier molecular flexibility index (Phi) is 3.95. The molecule has 2 rings (SSSR count). The van der Waals surface area contributed by atoms with Gasteiger partial charge < -0.3 is 10.6 Å². The molecule has 0 atom stereocenters. The first-order valence-electron chi connectivity index (χ1n) is 5.99. The van der Waals surface area contributed by atoms with Crippen LogP contribution in [0.5, 0.6) is 0 Å². The van der Waals surface area contributed by atoms with E-state index in [9.17, 15) is 4.39 Å². The first-order valence-corrected chi connectivity index (χ1v) is 5.99. The van der Waals surface area contributed by atoms with E-state index in [-0.39, 0.29) is 5.82 Å². The molecule has 0 unspecified atom stereocenters. The summed E-state index contributed by atoms with van der Waals surface area (Å²) in [5.41, 5.74) is 7.93. The van der Waals surface area contributed by atoms with E-state index >= 15 is 0 Å². The predicted octanol–water partition coefficient (Wildman–Crippen LogP) is 3.09. The summed E-state index contributed by atoms with van der Waals surface area (Å²) in [6.45, 7) is 0.535. The lowest BCUT2D eigenvalue weighted by atomic mass is 10.1. The number of rotatable bonds is 4. The normalized spacial score (nSPS) is 10.4. The summed E-state index contributed by atoms with van der Waals surface area (Å²) in [5.74, 6) is -0.215. The minimum atomic E-state index is -0.215. The Morgan fingerprint density at radius 1 is 1.11 bits per heavy atom. The summed E-state index contributed by atoms with van der Waals surface area (Å²) < 4.78 is 14.0. The zero-order valence-corrected chi connectivity index (χ0v) is 10.4. The highest BCUT2D eigenvalue weighted by Crippen LogP contribution is 2.26. The van der Waals surface area contributed by atoms with Crippen molar-refractivity contribution in [2.45, 2.75) is 6.42 Å². The molecule has 0 saturated heterocycles. The Morgan fingerprint density at radius 3 is 2.44 bits per heavy atom. The maximum Gasteiger partial charge on any atom is 0.147 e. The van der Waals surface area contributed by atoms with Gasteiger partial charge in [0.2, 0.25) is 0 Å². The summed E-state index contributed by atoms with van der Waals surface area (Å²) in [4.78, 5) is 1.83. The second kappa shape index (κ2) is 5.65. The lowest BCUT2D eigenvalue weighted by Gasteiger charge is -2.20. The Bertz CT molecular complexity index is 511. The van der Waals surface area contributed by atoms with Gasteiger partial charge in [-0.15, -0.1) is 0 Å². The Balaban J connectivity index is 2.28. The molecule has 0 amide bonds. The number of anilines is 2. The summed E-state index contributed by atoms with van der Waals surface area (Å²) in [6.07, 6.45) is 0.701. The van der Waals surface area contributed by atoms with Crippen molar-refractivity contribution in [1.82, 2.24) is 0 Å². The lowest BCUT2D eigenvalue weighted by molar-refractivity contribution is 0.625. The van der Waals surface area contributed by atoms with Gasteiger partial charge in [0.05, 0.1) is 5.69 Å². The van der Waals surface area contributed by atoms with Gasteiger partial charge in [-0.2, -0.15) is 0 Å². The molecule has 0 aliphatic carbocycles. The second-order valence-corrected chi connectivity index (χ2v) is 4.22. The third-order valence-corrected chi connectivity index (χ3v) is 2.95. The third-order valence-electron chi connectivity index (χ3n) is 2.95. The van der Waals surface area contributed by atoms with Gasteiger partial charge in [0.25, 0.3) is 0 Å². The van der Waals surface area contributed by atoms with Crippen molar-refractivity contribution in [3.05, 3.63) is 59.9 Å². The van der Waals surface area contributed by atoms with Crippen molar-refractivity contribution < 1.29 is 4.39 Å². The monoisotopic (exact) mass is 244 g/mol. The van der Waals surface area contributed by atoms with Crippen molar-refractivity contribution >= 4 is 11.4 Å². The van der Waals surface area contributed by atoms with Crippen LogP contribution >= 0.6 is 0 Å². The molecule has 0 radical (unpaired) electrons. The van der Waals surface area contributed by atoms with Crippen molar-refractivity contribution in [2.24, 2.45) is 5.73 Å². The van der Waals surface area contributed by atoms with Crippen molar-refractivity contribution in [3.8, 4) is 0 Å². The summed E-state index contributed by atoms with van der Waals surface area (Å²) in [6, 6.07) is 15.0. The van der Waals surface area contributed by atoms with E-state index in [0.717, 1.165) is 11.3 Å². The van der Waals surface area contributed by atoms with Gasteiger partial charge in [-0.3, -0.25) is 0 Å². The molecule has 94 valence electrons. The summed E-state index contributed by atoms with van der Waals surface area (Å²) in [7, 11) is 1.86. The number of nitrogens with zero attached hydrogens (tertiary/aromatic N) is 1. The SMILES string of the molecule is CN(c1ccccc1)c1ccc(CCN)cc1F. The molecule has 0 aromatic heterocycles. The molecule has 2 aromatic rings. The number of benzene rings is 2. The summed E-state index contributed by atoms with van der Waals surface area (Å²) >= 11 is 0. The number of nitrogens with two attached hydrogens (primary N) is 1. The van der Waals surface area contributed by atoms with E-state index in [1.54, 1.807) is 12.1 Å². The Labute approximate surface area is 107 Å². The van der Waals surface area contributed by atoms with E-state index in [0.29, 0.717) is 18.7 Å². The first-order chi connectivity index (χ1) is 8.72. The fourth-order valence-corrected chi connectivity index (χ4v) is 1.94. The smallest absolute Gasteiger partial charge is 0.147 e. The Morgan fingerprint density at radius 2 is 1.83 bits per heavy atom. The largest absolute Gasteiger partial charge is 0.342 e. The van der Waals surface area contributed by atoms with E-state index in [4.69, 9.17) is 5.73 Å². The molecule has 3 heteroatoms. The molecule has 2 nitrogen and oxygen atoms in total. The second-order valence-electron chi connectivity index (χ2n) is 4.22. The quantitative estimate of drug-likeness (QED) is 0.895. The van der Waals surface area contributed by atoms with E-state index in [2.05, 4.69) is 0 Å². The van der Waals surface area contributed by atoms with Gasteiger partial charge in [0.1, 0.15) is 5.82 Å². The molecule has 2 aromatic carbocycles. The van der Waals surface area contributed by atoms with Gasteiger partial charge in [-0.1, -0.05) is 24.3 Å². The van der Waals surface area contributed by atoms with Crippen LogP contribution in [0.15, 0.2) is 48.5 Å². The minimum absolute atomic E-state index is 0.215. The predicted molar refractivity (Wildman–Crippen MR) is 73.7 cm³/mol. The molecular formula is C15H17FN2. The van der Waals surface area contributed by atoms with E-state index in [1.807, 2.05) is 48.3 Å². The van der Waals surface area contributed by atoms with Crippen molar-refractivity contribution in [2.75, 3.05) is 18.5 Å². The lowest BCUT2D eigenvalue weighted by Crippen LogP contribution is -2.11. The van der Waals surface area contributed by atoms with Crippen LogP contribution in [-0.4, -0.2) is 13.6 Å². The van der Waals surface area contributed by atoms with Crippen LogP contribution in [0.2, 0.25) is 0 Å². The van der Waals surface area contributed by atoms with Crippen LogP contribution in [0.4, 0.5) is 15.8 Å².